The van der Waals surface area contributed by atoms with Crippen LogP contribution < -0.4 is 29.1 Å². The van der Waals surface area contributed by atoms with Gasteiger partial charge < -0.3 is 18.9 Å². The number of hydrogen-bond acceptors (Lipinski definition) is 8. The third-order valence-corrected chi connectivity index (χ3v) is 9.25. The lowest BCUT2D eigenvalue weighted by Gasteiger charge is -2.25. The molecule has 1 atom stereocenters. The first-order valence-corrected chi connectivity index (χ1v) is 17.1. The van der Waals surface area contributed by atoms with Gasteiger partial charge in [-0.3, -0.25) is 9.36 Å². The molecule has 0 saturated heterocycles. The SMILES string of the molecule is CCOC(=O)C1=C(C)N=c2s/c(=C/c3cc(Br)cc(I)c3OCc3ccc(F)cc3)c(=O)n2[C@@H]1c1ccc(OC(C)C)c(OC)c1. The van der Waals surface area contributed by atoms with Crippen molar-refractivity contribution in [1.29, 1.82) is 0 Å². The predicted molar refractivity (Wildman–Crippen MR) is 187 cm³/mol. The van der Waals surface area contributed by atoms with Crippen molar-refractivity contribution in [2.45, 2.75) is 46.4 Å². The second-order valence-corrected chi connectivity index (χ2v) is 13.7. The second-order valence-electron chi connectivity index (χ2n) is 10.6. The van der Waals surface area contributed by atoms with E-state index in [9.17, 15) is 14.0 Å². The lowest BCUT2D eigenvalue weighted by Crippen LogP contribution is -2.40. The number of rotatable bonds is 10. The zero-order chi connectivity index (χ0) is 33.1. The van der Waals surface area contributed by atoms with Crippen LogP contribution in [0, 0.1) is 9.39 Å². The van der Waals surface area contributed by atoms with Crippen molar-refractivity contribution >= 4 is 61.9 Å². The fraction of sp³-hybridized carbons (Fsp3) is 0.265. The van der Waals surface area contributed by atoms with Gasteiger partial charge >= 0.3 is 5.97 Å². The maximum absolute atomic E-state index is 14.3. The number of nitrogens with zero attached hydrogens (tertiary/aromatic N) is 2. The van der Waals surface area contributed by atoms with Crippen LogP contribution in [0.15, 0.2) is 80.1 Å². The Labute approximate surface area is 291 Å². The van der Waals surface area contributed by atoms with Gasteiger partial charge in [0.15, 0.2) is 16.3 Å². The van der Waals surface area contributed by atoms with Gasteiger partial charge in [-0.05, 0) is 104 Å². The number of aromatic nitrogens is 1. The molecule has 1 aliphatic rings. The maximum atomic E-state index is 14.3. The summed E-state index contributed by atoms with van der Waals surface area (Å²) in [7, 11) is 1.54. The van der Waals surface area contributed by atoms with E-state index in [1.165, 1.54) is 28.0 Å². The molecule has 1 aliphatic heterocycles. The summed E-state index contributed by atoms with van der Waals surface area (Å²) in [5.74, 6) is 0.713. The Hall–Kier alpha value is -3.49. The van der Waals surface area contributed by atoms with Crippen molar-refractivity contribution in [3.05, 3.63) is 116 Å². The number of carbonyl (C=O) groups excluding carboxylic acids is 1. The number of methoxy groups -OCH3 is 1. The maximum Gasteiger partial charge on any atom is 0.338 e. The zero-order valence-electron chi connectivity index (χ0n) is 25.7. The van der Waals surface area contributed by atoms with E-state index in [-0.39, 0.29) is 36.3 Å². The Morgan fingerprint density at radius 2 is 1.89 bits per heavy atom. The highest BCUT2D eigenvalue weighted by Gasteiger charge is 2.34. The largest absolute Gasteiger partial charge is 0.493 e. The Kier molecular flexibility index (Phi) is 10.7. The third kappa shape index (κ3) is 7.23. The normalized spacial score (nSPS) is 14.6. The Bertz CT molecular complexity index is 2010. The highest BCUT2D eigenvalue weighted by molar-refractivity contribution is 14.1. The van der Waals surface area contributed by atoms with Crippen LogP contribution in [-0.4, -0.2) is 30.4 Å². The minimum Gasteiger partial charge on any atom is -0.493 e. The van der Waals surface area contributed by atoms with Gasteiger partial charge in [-0.25, -0.2) is 14.2 Å². The quantitative estimate of drug-likeness (QED) is 0.131. The Balaban J connectivity index is 1.66. The van der Waals surface area contributed by atoms with Crippen LogP contribution in [0.1, 0.15) is 50.4 Å². The van der Waals surface area contributed by atoms with Crippen LogP contribution in [0.4, 0.5) is 4.39 Å². The fourth-order valence-corrected chi connectivity index (χ4v) is 7.77. The molecule has 0 fully saturated rings. The van der Waals surface area contributed by atoms with Crippen LogP contribution in [0.3, 0.4) is 0 Å². The summed E-state index contributed by atoms with van der Waals surface area (Å²) in [6.45, 7) is 7.68. The van der Waals surface area contributed by atoms with Gasteiger partial charge in [0, 0.05) is 10.0 Å². The van der Waals surface area contributed by atoms with Crippen molar-refractivity contribution in [1.82, 2.24) is 4.57 Å². The number of halogens is 3. The van der Waals surface area contributed by atoms with E-state index in [2.05, 4.69) is 43.5 Å². The van der Waals surface area contributed by atoms with E-state index in [1.807, 2.05) is 32.0 Å². The summed E-state index contributed by atoms with van der Waals surface area (Å²) in [4.78, 5) is 32.7. The van der Waals surface area contributed by atoms with Crippen molar-refractivity contribution in [3.8, 4) is 17.2 Å². The minimum absolute atomic E-state index is 0.0831. The number of thiazole rings is 1. The molecule has 4 aromatic rings. The second kappa shape index (κ2) is 14.5. The first kappa shape index (κ1) is 33.9. The molecular formula is C34H31BrFIN2O6S. The predicted octanol–water partition coefficient (Wildman–Crippen LogP) is 6.68. The van der Waals surface area contributed by atoms with Gasteiger partial charge in [0.2, 0.25) is 0 Å². The average molecular weight is 822 g/mol. The highest BCUT2D eigenvalue weighted by atomic mass is 127. The molecule has 0 amide bonds. The molecule has 240 valence electrons. The fourth-order valence-electron chi connectivity index (χ4n) is 5.03. The summed E-state index contributed by atoms with van der Waals surface area (Å²) in [5, 5.41) is 0. The molecular weight excluding hydrogens is 790 g/mol. The standard InChI is InChI=1S/C34H31BrFIN2O6S/c1-6-43-33(41)29-19(4)38-34-39(30(29)21-9-12-26(45-18(2)3)27(14-21)42-5)32(40)28(46-34)15-22-13-23(35)16-25(37)31(22)44-17-20-7-10-24(36)11-8-20/h7-16,18,30H,6,17H2,1-5H3/b28-15+/t30-/m1/s1. The molecule has 0 N–H and O–H groups in total. The number of esters is 1. The average Bonchev–Trinajstić information content (AvgIpc) is 3.30. The summed E-state index contributed by atoms with van der Waals surface area (Å²) >= 11 is 6.96. The number of benzene rings is 3. The third-order valence-electron chi connectivity index (χ3n) is 7.00. The van der Waals surface area contributed by atoms with Crippen LogP contribution in [0.25, 0.3) is 6.08 Å². The lowest BCUT2D eigenvalue weighted by atomic mass is 9.95. The number of hydrogen-bond donors (Lipinski definition) is 0. The molecule has 0 saturated carbocycles. The van der Waals surface area contributed by atoms with Crippen molar-refractivity contribution in [2.75, 3.05) is 13.7 Å². The summed E-state index contributed by atoms with van der Waals surface area (Å²) in [6.07, 6.45) is 1.68. The summed E-state index contributed by atoms with van der Waals surface area (Å²) in [5.41, 5.74) is 2.49. The van der Waals surface area contributed by atoms with Gasteiger partial charge in [0.05, 0.1) is 45.2 Å². The number of carbonyl (C=O) groups is 1. The van der Waals surface area contributed by atoms with E-state index in [0.29, 0.717) is 43.4 Å². The van der Waals surface area contributed by atoms with Gasteiger partial charge in [0.1, 0.15) is 18.2 Å². The van der Waals surface area contributed by atoms with E-state index in [0.717, 1.165) is 13.6 Å². The van der Waals surface area contributed by atoms with Crippen LogP contribution >= 0.6 is 49.9 Å². The molecule has 0 aliphatic carbocycles. The van der Waals surface area contributed by atoms with Crippen LogP contribution in [0.5, 0.6) is 17.2 Å². The zero-order valence-corrected chi connectivity index (χ0v) is 30.3. The molecule has 0 radical (unpaired) electrons. The van der Waals surface area contributed by atoms with E-state index >= 15 is 0 Å². The monoisotopic (exact) mass is 820 g/mol. The molecule has 12 heteroatoms. The number of allylic oxidation sites excluding steroid dienone is 1. The summed E-state index contributed by atoms with van der Waals surface area (Å²) in [6, 6.07) is 14.4. The van der Waals surface area contributed by atoms with Crippen molar-refractivity contribution in [2.24, 2.45) is 4.99 Å². The van der Waals surface area contributed by atoms with E-state index in [1.54, 1.807) is 51.3 Å². The number of fused-ring (bicyclic) bond motifs is 1. The summed E-state index contributed by atoms with van der Waals surface area (Å²) < 4.78 is 40.2. The molecule has 0 spiro atoms. The van der Waals surface area contributed by atoms with Gasteiger partial charge in [-0.1, -0.05) is 45.5 Å². The highest BCUT2D eigenvalue weighted by Crippen LogP contribution is 2.37. The van der Waals surface area contributed by atoms with Crippen molar-refractivity contribution in [3.63, 3.8) is 0 Å². The Morgan fingerprint density at radius 3 is 2.57 bits per heavy atom. The molecule has 2 heterocycles. The van der Waals surface area contributed by atoms with Crippen LogP contribution in [0.2, 0.25) is 0 Å². The van der Waals surface area contributed by atoms with Gasteiger partial charge in [0.25, 0.3) is 5.56 Å². The topological polar surface area (TPSA) is 88.4 Å². The van der Waals surface area contributed by atoms with Crippen molar-refractivity contribution < 1.29 is 28.1 Å². The minimum atomic E-state index is -0.823. The lowest BCUT2D eigenvalue weighted by molar-refractivity contribution is -0.139. The van der Waals surface area contributed by atoms with Crippen LogP contribution in [-0.2, 0) is 16.1 Å². The molecule has 3 aromatic carbocycles. The van der Waals surface area contributed by atoms with Gasteiger partial charge in [-0.15, -0.1) is 0 Å². The molecule has 46 heavy (non-hydrogen) atoms. The molecule has 5 rings (SSSR count). The van der Waals surface area contributed by atoms with E-state index in [4.69, 9.17) is 18.9 Å². The number of ether oxygens (including phenoxy) is 4. The molecule has 0 bridgehead atoms. The van der Waals surface area contributed by atoms with Gasteiger partial charge in [-0.2, -0.15) is 0 Å². The first-order valence-electron chi connectivity index (χ1n) is 14.4. The molecule has 0 unspecified atom stereocenters. The molecule has 8 nitrogen and oxygen atoms in total. The smallest absolute Gasteiger partial charge is 0.338 e. The Morgan fingerprint density at radius 1 is 1.15 bits per heavy atom. The molecule has 1 aromatic heterocycles. The first-order chi connectivity index (χ1) is 22.0. The van der Waals surface area contributed by atoms with E-state index < -0.39 is 12.0 Å².